The minimum absolute atomic E-state index is 0.129. The van der Waals surface area contributed by atoms with Crippen LogP contribution >= 0.6 is 11.6 Å². The highest BCUT2D eigenvalue weighted by atomic mass is 35.5. The van der Waals surface area contributed by atoms with E-state index in [9.17, 15) is 13.2 Å². The molecule has 0 N–H and O–H groups in total. The molecule has 0 fully saturated rings. The van der Waals surface area contributed by atoms with Gasteiger partial charge in [-0.3, -0.25) is 0 Å². The second-order valence-electron chi connectivity index (χ2n) is 3.34. The van der Waals surface area contributed by atoms with Crippen molar-refractivity contribution < 1.29 is 17.9 Å². The van der Waals surface area contributed by atoms with Gasteiger partial charge in [0.1, 0.15) is 5.75 Å². The van der Waals surface area contributed by atoms with Crippen LogP contribution in [-0.4, -0.2) is 11.3 Å². The standard InChI is InChI=1S/C12H6ClF3NO/c13-9-7-8(10-3-1-2-6-17-10)4-5-11(9)18-12(14,15)16/h1-5,7H. The molecule has 0 aliphatic carbocycles. The van der Waals surface area contributed by atoms with Crippen molar-refractivity contribution in [2.75, 3.05) is 0 Å². The minimum Gasteiger partial charge on any atom is -0.404 e. The molecule has 0 unspecified atom stereocenters. The molecule has 0 amide bonds. The van der Waals surface area contributed by atoms with Crippen molar-refractivity contribution in [1.82, 2.24) is 4.98 Å². The molecule has 0 saturated heterocycles. The first-order valence-electron chi connectivity index (χ1n) is 4.84. The molecule has 1 radical (unpaired) electrons. The molecule has 6 heteroatoms. The molecule has 1 aromatic carbocycles. The van der Waals surface area contributed by atoms with Crippen LogP contribution in [0.5, 0.6) is 5.75 Å². The van der Waals surface area contributed by atoms with Crippen molar-refractivity contribution in [3.05, 3.63) is 47.6 Å². The van der Waals surface area contributed by atoms with Crippen LogP contribution in [0.1, 0.15) is 0 Å². The van der Waals surface area contributed by atoms with Gasteiger partial charge in [-0.25, -0.2) is 4.98 Å². The summed E-state index contributed by atoms with van der Waals surface area (Å²) < 4.78 is 39.9. The Kier molecular flexibility index (Phi) is 3.43. The van der Waals surface area contributed by atoms with Crippen molar-refractivity contribution in [1.29, 1.82) is 0 Å². The summed E-state index contributed by atoms with van der Waals surface area (Å²) in [6.45, 7) is 0. The average Bonchev–Trinajstić information content (AvgIpc) is 2.31. The second-order valence-corrected chi connectivity index (χ2v) is 3.75. The van der Waals surface area contributed by atoms with E-state index in [0.29, 0.717) is 11.3 Å². The van der Waals surface area contributed by atoms with E-state index in [-0.39, 0.29) is 5.02 Å². The number of hydrogen-bond acceptors (Lipinski definition) is 2. The monoisotopic (exact) mass is 272 g/mol. The van der Waals surface area contributed by atoms with E-state index in [4.69, 9.17) is 11.6 Å². The molecule has 2 rings (SSSR count). The van der Waals surface area contributed by atoms with Gasteiger partial charge in [-0.1, -0.05) is 17.7 Å². The van der Waals surface area contributed by atoms with Gasteiger partial charge in [0.15, 0.2) is 0 Å². The van der Waals surface area contributed by atoms with Crippen molar-refractivity contribution in [3.63, 3.8) is 0 Å². The van der Waals surface area contributed by atoms with Gasteiger partial charge >= 0.3 is 6.36 Å². The van der Waals surface area contributed by atoms with Crippen molar-refractivity contribution >= 4 is 11.6 Å². The van der Waals surface area contributed by atoms with E-state index in [0.717, 1.165) is 6.07 Å². The van der Waals surface area contributed by atoms with E-state index in [1.165, 1.54) is 12.1 Å². The Hall–Kier alpha value is -1.75. The molecular formula is C12H6ClF3NO. The van der Waals surface area contributed by atoms with Crippen LogP contribution in [-0.2, 0) is 0 Å². The fourth-order valence-corrected chi connectivity index (χ4v) is 1.57. The first-order chi connectivity index (χ1) is 8.46. The Bertz CT molecular complexity index is 543. The molecule has 2 aromatic rings. The lowest BCUT2D eigenvalue weighted by Gasteiger charge is -2.11. The molecule has 0 aliphatic heterocycles. The molecule has 1 aromatic heterocycles. The number of ether oxygens (including phenoxy) is 1. The van der Waals surface area contributed by atoms with Gasteiger partial charge in [-0.2, -0.15) is 0 Å². The molecule has 0 spiro atoms. The first-order valence-corrected chi connectivity index (χ1v) is 5.22. The number of pyridine rings is 1. The van der Waals surface area contributed by atoms with Crippen molar-refractivity contribution in [2.24, 2.45) is 0 Å². The molecule has 2 nitrogen and oxygen atoms in total. The largest absolute Gasteiger partial charge is 0.573 e. The fourth-order valence-electron chi connectivity index (χ4n) is 1.35. The summed E-state index contributed by atoms with van der Waals surface area (Å²) in [6, 6.07) is 9.00. The maximum Gasteiger partial charge on any atom is 0.573 e. The van der Waals surface area contributed by atoms with Gasteiger partial charge in [0.2, 0.25) is 0 Å². The van der Waals surface area contributed by atoms with Crippen molar-refractivity contribution in [3.8, 4) is 17.0 Å². The molecule has 93 valence electrons. The topological polar surface area (TPSA) is 22.1 Å². The summed E-state index contributed by atoms with van der Waals surface area (Å²) in [7, 11) is 0. The maximum absolute atomic E-state index is 12.0. The number of benzene rings is 1. The summed E-state index contributed by atoms with van der Waals surface area (Å²) in [5, 5.41) is -0.129. The molecule has 18 heavy (non-hydrogen) atoms. The molecule has 0 atom stereocenters. The lowest BCUT2D eigenvalue weighted by Crippen LogP contribution is -2.17. The van der Waals surface area contributed by atoms with Crippen LogP contribution < -0.4 is 4.74 Å². The normalized spacial score (nSPS) is 11.3. The number of nitrogens with zero attached hydrogens (tertiary/aromatic N) is 1. The van der Waals surface area contributed by atoms with Crippen LogP contribution in [0.15, 0.2) is 36.4 Å². The van der Waals surface area contributed by atoms with E-state index in [2.05, 4.69) is 15.9 Å². The SMILES string of the molecule is FC(F)(F)Oc1ccc(-c2ccc[c]n2)cc1Cl. The summed E-state index contributed by atoms with van der Waals surface area (Å²) in [5.74, 6) is -0.437. The third-order valence-electron chi connectivity index (χ3n) is 2.06. The molecule has 0 saturated carbocycles. The number of aromatic nitrogens is 1. The third-order valence-corrected chi connectivity index (χ3v) is 2.36. The number of alkyl halides is 3. The summed E-state index contributed by atoms with van der Waals surface area (Å²) in [4.78, 5) is 3.95. The predicted octanol–water partition coefficient (Wildman–Crippen LogP) is 4.10. The second kappa shape index (κ2) is 4.86. The Labute approximate surface area is 106 Å². The van der Waals surface area contributed by atoms with Crippen LogP contribution in [0.25, 0.3) is 11.3 Å². The summed E-state index contributed by atoms with van der Waals surface area (Å²) in [6.07, 6.45) is -2.13. The number of halogens is 4. The average molecular weight is 273 g/mol. The first kappa shape index (κ1) is 12.7. The zero-order valence-electron chi connectivity index (χ0n) is 8.83. The van der Waals surface area contributed by atoms with Crippen molar-refractivity contribution in [2.45, 2.75) is 6.36 Å². The maximum atomic E-state index is 12.0. The van der Waals surface area contributed by atoms with Gasteiger partial charge in [0, 0.05) is 5.56 Å². The summed E-state index contributed by atoms with van der Waals surface area (Å²) in [5.41, 5.74) is 1.16. The predicted molar refractivity (Wildman–Crippen MR) is 60.2 cm³/mol. The molecular weight excluding hydrogens is 267 g/mol. The van der Waals surface area contributed by atoms with E-state index >= 15 is 0 Å². The Morgan fingerprint density at radius 2 is 2.00 bits per heavy atom. The lowest BCUT2D eigenvalue weighted by molar-refractivity contribution is -0.274. The third kappa shape index (κ3) is 3.13. The van der Waals surface area contributed by atoms with Crippen LogP contribution in [0.4, 0.5) is 13.2 Å². The number of rotatable bonds is 2. The highest BCUT2D eigenvalue weighted by Gasteiger charge is 2.32. The van der Waals surface area contributed by atoms with Gasteiger partial charge in [0.25, 0.3) is 0 Å². The summed E-state index contributed by atoms with van der Waals surface area (Å²) >= 11 is 5.72. The van der Waals surface area contributed by atoms with Gasteiger partial charge in [-0.05, 0) is 30.3 Å². The Morgan fingerprint density at radius 3 is 2.56 bits per heavy atom. The van der Waals surface area contributed by atoms with Crippen LogP contribution in [0.2, 0.25) is 5.02 Å². The quantitative estimate of drug-likeness (QED) is 0.821. The zero-order chi connectivity index (χ0) is 13.2. The highest BCUT2D eigenvalue weighted by molar-refractivity contribution is 6.32. The number of hydrogen-bond donors (Lipinski definition) is 0. The van der Waals surface area contributed by atoms with Gasteiger partial charge in [0.05, 0.1) is 16.9 Å². The smallest absolute Gasteiger partial charge is 0.404 e. The van der Waals surface area contributed by atoms with Crippen LogP contribution in [0, 0.1) is 6.20 Å². The fraction of sp³-hybridized carbons (Fsp3) is 0.0833. The Morgan fingerprint density at radius 1 is 1.22 bits per heavy atom. The molecule has 0 aliphatic rings. The van der Waals surface area contributed by atoms with Gasteiger partial charge < -0.3 is 4.74 Å². The van der Waals surface area contributed by atoms with Gasteiger partial charge in [-0.15, -0.1) is 13.2 Å². The zero-order valence-corrected chi connectivity index (χ0v) is 9.59. The highest BCUT2D eigenvalue weighted by Crippen LogP contribution is 2.33. The molecule has 0 bridgehead atoms. The Balaban J connectivity index is 2.31. The molecule has 1 heterocycles. The van der Waals surface area contributed by atoms with Crippen LogP contribution in [0.3, 0.4) is 0 Å². The van der Waals surface area contributed by atoms with E-state index in [1.807, 2.05) is 0 Å². The van der Waals surface area contributed by atoms with E-state index in [1.54, 1.807) is 18.2 Å². The minimum atomic E-state index is -4.76. The van der Waals surface area contributed by atoms with E-state index < -0.39 is 12.1 Å². The lowest BCUT2D eigenvalue weighted by atomic mass is 10.1.